The van der Waals surface area contributed by atoms with Crippen LogP contribution in [0.15, 0.2) is 12.4 Å². The van der Waals surface area contributed by atoms with Gasteiger partial charge < -0.3 is 9.47 Å². The second-order valence-corrected chi connectivity index (χ2v) is 3.55. The highest BCUT2D eigenvalue weighted by Crippen LogP contribution is 2.05. The molecule has 0 fully saturated rings. The maximum Gasteiger partial charge on any atom is 0.355 e. The summed E-state index contributed by atoms with van der Waals surface area (Å²) in [5.74, 6) is -2.26. The third-order valence-electron chi connectivity index (χ3n) is 2.04. The van der Waals surface area contributed by atoms with Gasteiger partial charge >= 0.3 is 11.9 Å². The zero-order valence-corrected chi connectivity index (χ0v) is 10.4. The summed E-state index contributed by atoms with van der Waals surface area (Å²) in [6.45, 7) is 2.85. The van der Waals surface area contributed by atoms with Crippen molar-refractivity contribution in [1.29, 1.82) is 0 Å². The fourth-order valence-electron chi connectivity index (χ4n) is 1.22. The van der Waals surface area contributed by atoms with Crippen molar-refractivity contribution in [3.8, 4) is 0 Å². The van der Waals surface area contributed by atoms with E-state index in [0.29, 0.717) is 0 Å². The van der Waals surface area contributed by atoms with Crippen LogP contribution in [0.3, 0.4) is 0 Å². The highest BCUT2D eigenvalue weighted by Gasteiger charge is 2.29. The van der Waals surface area contributed by atoms with Gasteiger partial charge in [0.2, 0.25) is 0 Å². The summed E-state index contributed by atoms with van der Waals surface area (Å²) in [4.78, 5) is 34.3. The van der Waals surface area contributed by atoms with Gasteiger partial charge in [-0.25, -0.2) is 9.59 Å². The Labute approximate surface area is 104 Å². The van der Waals surface area contributed by atoms with E-state index < -0.39 is 23.8 Å². The van der Waals surface area contributed by atoms with Gasteiger partial charge in [-0.2, -0.15) is 5.10 Å². The molecule has 0 bridgehead atoms. The van der Waals surface area contributed by atoms with Crippen LogP contribution in [0.4, 0.5) is 0 Å². The molecule has 0 aliphatic rings. The molecule has 7 nitrogen and oxygen atoms in total. The summed E-state index contributed by atoms with van der Waals surface area (Å²) in [5, 5.41) is 3.79. The Hall–Kier alpha value is -2.18. The lowest BCUT2D eigenvalue weighted by Gasteiger charge is -2.12. The zero-order valence-electron chi connectivity index (χ0n) is 10.4. The van der Waals surface area contributed by atoms with Gasteiger partial charge in [0.05, 0.1) is 18.4 Å². The highest BCUT2D eigenvalue weighted by molar-refractivity contribution is 6.03. The topological polar surface area (TPSA) is 87.5 Å². The Balaban J connectivity index is 2.75. The standard InChI is InChI=1S/C11H14N2O5/c1-4-17-11(16)9(7(2)14)18-10(15)8-5-12-13(3)6-8/h5-6,9H,4H2,1-3H3. The highest BCUT2D eigenvalue weighted by atomic mass is 16.6. The van der Waals surface area contributed by atoms with E-state index in [0.717, 1.165) is 6.92 Å². The molecule has 1 aromatic rings. The van der Waals surface area contributed by atoms with Gasteiger partial charge in [0.1, 0.15) is 0 Å². The molecule has 18 heavy (non-hydrogen) atoms. The predicted octanol–water partition coefficient (Wildman–Crippen LogP) is 0.0976. The average molecular weight is 254 g/mol. The van der Waals surface area contributed by atoms with Gasteiger partial charge in [-0.3, -0.25) is 9.48 Å². The number of aryl methyl sites for hydroxylation is 1. The smallest absolute Gasteiger partial charge is 0.355 e. The number of Topliss-reactive ketones (excluding diaryl/α,β-unsaturated/α-hetero) is 1. The van der Waals surface area contributed by atoms with Crippen LogP contribution in [0.2, 0.25) is 0 Å². The minimum absolute atomic E-state index is 0.104. The largest absolute Gasteiger partial charge is 0.463 e. The van der Waals surface area contributed by atoms with Crippen LogP contribution in [0.25, 0.3) is 0 Å². The monoisotopic (exact) mass is 254 g/mol. The summed E-state index contributed by atoms with van der Waals surface area (Å²) in [5.41, 5.74) is 0.160. The summed E-state index contributed by atoms with van der Waals surface area (Å²) in [6.07, 6.45) is 1.17. The van der Waals surface area contributed by atoms with E-state index in [9.17, 15) is 14.4 Å². The number of nitrogens with zero attached hydrogens (tertiary/aromatic N) is 2. The van der Waals surface area contributed by atoms with Crippen molar-refractivity contribution >= 4 is 17.7 Å². The molecule has 1 unspecified atom stereocenters. The molecule has 0 aromatic carbocycles. The Morgan fingerprint density at radius 3 is 2.56 bits per heavy atom. The van der Waals surface area contributed by atoms with E-state index in [-0.39, 0.29) is 12.2 Å². The third-order valence-corrected chi connectivity index (χ3v) is 2.04. The second-order valence-electron chi connectivity index (χ2n) is 3.55. The maximum absolute atomic E-state index is 11.6. The molecule has 7 heteroatoms. The van der Waals surface area contributed by atoms with Crippen molar-refractivity contribution in [3.63, 3.8) is 0 Å². The minimum Gasteiger partial charge on any atom is -0.463 e. The molecule has 0 radical (unpaired) electrons. The van der Waals surface area contributed by atoms with Crippen molar-refractivity contribution in [2.24, 2.45) is 7.05 Å². The van der Waals surface area contributed by atoms with Crippen LogP contribution in [0.1, 0.15) is 24.2 Å². The Kier molecular flexibility index (Phi) is 4.59. The summed E-state index contributed by atoms with van der Waals surface area (Å²) in [6, 6.07) is 0. The maximum atomic E-state index is 11.6. The van der Waals surface area contributed by atoms with E-state index in [1.807, 2.05) is 0 Å². The summed E-state index contributed by atoms with van der Waals surface area (Å²) >= 11 is 0. The third kappa shape index (κ3) is 3.41. The van der Waals surface area contributed by atoms with Crippen LogP contribution >= 0.6 is 0 Å². The Morgan fingerprint density at radius 1 is 1.44 bits per heavy atom. The molecule has 0 spiro atoms. The van der Waals surface area contributed by atoms with Crippen molar-refractivity contribution in [1.82, 2.24) is 9.78 Å². The molecule has 0 amide bonds. The number of carbonyl (C=O) groups excluding carboxylic acids is 3. The van der Waals surface area contributed by atoms with Crippen LogP contribution in [-0.2, 0) is 26.1 Å². The molecular weight excluding hydrogens is 240 g/mol. The van der Waals surface area contributed by atoms with Gasteiger partial charge in [0.25, 0.3) is 6.10 Å². The van der Waals surface area contributed by atoms with Gasteiger partial charge in [-0.15, -0.1) is 0 Å². The van der Waals surface area contributed by atoms with Gasteiger partial charge in [-0.05, 0) is 13.8 Å². The number of aromatic nitrogens is 2. The quantitative estimate of drug-likeness (QED) is 0.547. The molecule has 0 aliphatic heterocycles. The van der Waals surface area contributed by atoms with Crippen molar-refractivity contribution in [2.75, 3.05) is 6.61 Å². The summed E-state index contributed by atoms with van der Waals surface area (Å²) < 4.78 is 10.9. The SMILES string of the molecule is CCOC(=O)C(OC(=O)c1cnn(C)c1)C(C)=O. The number of hydrogen-bond donors (Lipinski definition) is 0. The van der Waals surface area contributed by atoms with Crippen LogP contribution in [-0.4, -0.2) is 40.2 Å². The molecule has 0 N–H and O–H groups in total. The molecule has 1 atom stereocenters. The number of hydrogen-bond acceptors (Lipinski definition) is 6. The first kappa shape index (κ1) is 13.9. The number of ether oxygens (including phenoxy) is 2. The molecule has 1 aromatic heterocycles. The molecule has 98 valence electrons. The van der Waals surface area contributed by atoms with Crippen molar-refractivity contribution in [2.45, 2.75) is 20.0 Å². The van der Waals surface area contributed by atoms with Gasteiger partial charge in [-0.1, -0.05) is 0 Å². The van der Waals surface area contributed by atoms with E-state index in [1.165, 1.54) is 17.1 Å². The van der Waals surface area contributed by atoms with Crippen molar-refractivity contribution < 1.29 is 23.9 Å². The number of esters is 2. The molecule has 1 rings (SSSR count). The lowest BCUT2D eigenvalue weighted by atomic mass is 10.2. The molecule has 0 saturated carbocycles. The zero-order chi connectivity index (χ0) is 13.7. The van der Waals surface area contributed by atoms with E-state index >= 15 is 0 Å². The fraction of sp³-hybridized carbons (Fsp3) is 0.455. The number of ketones is 1. The van der Waals surface area contributed by atoms with Crippen molar-refractivity contribution in [3.05, 3.63) is 18.0 Å². The fourth-order valence-corrected chi connectivity index (χ4v) is 1.22. The van der Waals surface area contributed by atoms with Crippen LogP contribution in [0, 0.1) is 0 Å². The average Bonchev–Trinajstić information content (AvgIpc) is 2.72. The van der Waals surface area contributed by atoms with Gasteiger partial charge in [0.15, 0.2) is 5.78 Å². The van der Waals surface area contributed by atoms with E-state index in [4.69, 9.17) is 4.74 Å². The molecule has 0 aliphatic carbocycles. The van der Waals surface area contributed by atoms with Gasteiger partial charge in [0, 0.05) is 13.2 Å². The second kappa shape index (κ2) is 5.95. The van der Waals surface area contributed by atoms with Crippen LogP contribution in [0.5, 0.6) is 0 Å². The Morgan fingerprint density at radius 2 is 2.11 bits per heavy atom. The lowest BCUT2D eigenvalue weighted by Crippen LogP contribution is -2.35. The number of rotatable bonds is 5. The van der Waals surface area contributed by atoms with Crippen LogP contribution < -0.4 is 0 Å². The lowest BCUT2D eigenvalue weighted by molar-refractivity contribution is -0.157. The van der Waals surface area contributed by atoms with E-state index in [1.54, 1.807) is 14.0 Å². The normalized spacial score (nSPS) is 11.7. The predicted molar refractivity (Wildman–Crippen MR) is 59.7 cm³/mol. The molecular formula is C11H14N2O5. The molecule has 0 saturated heterocycles. The molecule has 1 heterocycles. The first-order valence-electron chi connectivity index (χ1n) is 5.32. The Bertz CT molecular complexity index is 466. The number of carbonyl (C=O) groups is 3. The van der Waals surface area contributed by atoms with E-state index in [2.05, 4.69) is 9.84 Å². The first-order valence-corrected chi connectivity index (χ1v) is 5.32. The minimum atomic E-state index is -1.53. The first-order chi connectivity index (χ1) is 8.45. The summed E-state index contributed by atoms with van der Waals surface area (Å²) in [7, 11) is 1.63.